The molecule has 0 saturated heterocycles. The third kappa shape index (κ3) is 2.95. The fourth-order valence-electron chi connectivity index (χ4n) is 3.83. The molecule has 1 aliphatic heterocycles. The van der Waals surface area contributed by atoms with E-state index in [2.05, 4.69) is 4.98 Å². The van der Waals surface area contributed by atoms with E-state index in [0.29, 0.717) is 52.4 Å². The molecule has 0 spiro atoms. The number of nitrogens with zero attached hydrogens (tertiary/aromatic N) is 5. The van der Waals surface area contributed by atoms with Crippen molar-refractivity contribution < 1.29 is 4.42 Å². The van der Waals surface area contributed by atoms with Crippen molar-refractivity contribution in [2.75, 3.05) is 11.4 Å². The average molecular weight is 446 g/mol. The molecule has 0 aliphatic carbocycles. The fourth-order valence-corrected chi connectivity index (χ4v) is 4.16. The molecule has 0 radical (unpaired) electrons. The van der Waals surface area contributed by atoms with E-state index in [9.17, 15) is 9.59 Å². The smallest absolute Gasteiger partial charge is 0.332 e. The van der Waals surface area contributed by atoms with Gasteiger partial charge >= 0.3 is 5.69 Å². The minimum absolute atomic E-state index is 0.0922. The van der Waals surface area contributed by atoms with E-state index in [0.717, 1.165) is 5.76 Å². The summed E-state index contributed by atoms with van der Waals surface area (Å²) >= 11 is 12.1. The number of aromatic nitrogens is 4. The molecule has 0 amide bonds. The van der Waals surface area contributed by atoms with E-state index >= 15 is 0 Å². The maximum Gasteiger partial charge on any atom is 0.332 e. The summed E-state index contributed by atoms with van der Waals surface area (Å²) in [6, 6.07) is 8.78. The molecule has 3 aromatic heterocycles. The number of aryl methyl sites for hydroxylation is 1. The van der Waals surface area contributed by atoms with Crippen molar-refractivity contribution in [2.24, 2.45) is 7.05 Å². The van der Waals surface area contributed by atoms with Crippen molar-refractivity contribution in [3.8, 4) is 0 Å². The van der Waals surface area contributed by atoms with Gasteiger partial charge in [0.1, 0.15) is 5.76 Å². The summed E-state index contributed by atoms with van der Waals surface area (Å²) in [7, 11) is 1.62. The number of rotatable bonds is 4. The molecular formula is C20H17Cl2N5O3. The normalized spacial score (nSPS) is 13.4. The van der Waals surface area contributed by atoms with Gasteiger partial charge in [0.15, 0.2) is 11.2 Å². The molecule has 4 heterocycles. The van der Waals surface area contributed by atoms with Crippen molar-refractivity contribution in [3.63, 3.8) is 0 Å². The Labute approximate surface area is 180 Å². The van der Waals surface area contributed by atoms with Crippen LogP contribution in [0.3, 0.4) is 0 Å². The maximum atomic E-state index is 13.3. The lowest BCUT2D eigenvalue weighted by Crippen LogP contribution is -2.40. The Hall–Kier alpha value is -2.97. The lowest BCUT2D eigenvalue weighted by molar-refractivity contribution is 0.504. The first-order valence-electron chi connectivity index (χ1n) is 9.35. The number of hydrogen-bond acceptors (Lipinski definition) is 5. The van der Waals surface area contributed by atoms with Crippen LogP contribution in [0.15, 0.2) is 50.6 Å². The second-order valence-corrected chi connectivity index (χ2v) is 8.03. The topological polar surface area (TPSA) is 78.2 Å². The second kappa shape index (κ2) is 7.07. The summed E-state index contributed by atoms with van der Waals surface area (Å²) in [5, 5.41) is 0.792. The number of furan rings is 1. The molecule has 0 bridgehead atoms. The largest absolute Gasteiger partial charge is 0.467 e. The Balaban J connectivity index is 1.62. The molecule has 0 N–H and O–H groups in total. The third-order valence-electron chi connectivity index (χ3n) is 5.34. The van der Waals surface area contributed by atoms with Crippen LogP contribution < -0.4 is 16.1 Å². The zero-order valence-electron chi connectivity index (χ0n) is 16.0. The number of hydrogen-bond donors (Lipinski definition) is 0. The van der Waals surface area contributed by atoms with Crippen molar-refractivity contribution in [1.29, 1.82) is 0 Å². The molecule has 30 heavy (non-hydrogen) atoms. The summed E-state index contributed by atoms with van der Waals surface area (Å²) in [6.07, 6.45) is 1.62. The SMILES string of the molecule is Cn1c(=O)n(Cc2ccc(Cl)c(Cl)c2)c(=O)c2c1nc1n2CCN1Cc1ccco1. The molecular weight excluding hydrogens is 429 g/mol. The number of benzene rings is 1. The Kier molecular flexibility index (Phi) is 4.48. The minimum atomic E-state index is -0.437. The van der Waals surface area contributed by atoms with E-state index < -0.39 is 5.69 Å². The molecule has 0 fully saturated rings. The Morgan fingerprint density at radius 2 is 1.93 bits per heavy atom. The van der Waals surface area contributed by atoms with Crippen LogP contribution in [0, 0.1) is 0 Å². The fraction of sp³-hybridized carbons (Fsp3) is 0.250. The van der Waals surface area contributed by atoms with Crippen LogP contribution >= 0.6 is 23.2 Å². The van der Waals surface area contributed by atoms with Gasteiger partial charge in [-0.2, -0.15) is 4.98 Å². The van der Waals surface area contributed by atoms with Gasteiger partial charge in [-0.05, 0) is 29.8 Å². The Bertz CT molecular complexity index is 1380. The maximum absolute atomic E-state index is 13.3. The van der Waals surface area contributed by atoms with E-state index in [-0.39, 0.29) is 12.1 Å². The summed E-state index contributed by atoms with van der Waals surface area (Å²) in [5.74, 6) is 1.46. The quantitative estimate of drug-likeness (QED) is 0.482. The van der Waals surface area contributed by atoms with Crippen LogP contribution in [0.4, 0.5) is 5.95 Å². The second-order valence-electron chi connectivity index (χ2n) is 7.22. The summed E-state index contributed by atoms with van der Waals surface area (Å²) in [5.41, 5.74) is 0.679. The van der Waals surface area contributed by atoms with Gasteiger partial charge in [0.25, 0.3) is 5.56 Å². The monoisotopic (exact) mass is 445 g/mol. The van der Waals surface area contributed by atoms with Crippen molar-refractivity contribution in [1.82, 2.24) is 18.7 Å². The van der Waals surface area contributed by atoms with Crippen LogP contribution in [-0.2, 0) is 26.7 Å². The zero-order chi connectivity index (χ0) is 21.0. The van der Waals surface area contributed by atoms with Gasteiger partial charge in [-0.25, -0.2) is 4.79 Å². The molecule has 0 unspecified atom stereocenters. The number of anilines is 1. The molecule has 154 valence electrons. The van der Waals surface area contributed by atoms with Gasteiger partial charge < -0.3 is 13.9 Å². The van der Waals surface area contributed by atoms with Crippen molar-refractivity contribution >= 4 is 40.3 Å². The Morgan fingerprint density at radius 3 is 2.67 bits per heavy atom. The number of fused-ring (bicyclic) bond motifs is 3. The minimum Gasteiger partial charge on any atom is -0.467 e. The third-order valence-corrected chi connectivity index (χ3v) is 6.08. The molecule has 4 aromatic rings. The first-order valence-corrected chi connectivity index (χ1v) is 10.1. The van der Waals surface area contributed by atoms with Crippen LogP contribution in [0.1, 0.15) is 11.3 Å². The van der Waals surface area contributed by atoms with Gasteiger partial charge in [0.2, 0.25) is 5.95 Å². The van der Waals surface area contributed by atoms with Gasteiger partial charge in [-0.1, -0.05) is 29.3 Å². The van der Waals surface area contributed by atoms with E-state index in [1.807, 2.05) is 21.6 Å². The van der Waals surface area contributed by atoms with Gasteiger partial charge in [0.05, 0.1) is 29.4 Å². The molecule has 0 atom stereocenters. The number of imidazole rings is 1. The number of halogens is 2. The van der Waals surface area contributed by atoms with Gasteiger partial charge in [0, 0.05) is 20.1 Å². The van der Waals surface area contributed by atoms with E-state index in [1.165, 1.54) is 9.13 Å². The first kappa shape index (κ1) is 19.0. The molecule has 5 rings (SSSR count). The average Bonchev–Trinajstić information content (AvgIpc) is 3.44. The summed E-state index contributed by atoms with van der Waals surface area (Å²) in [4.78, 5) is 32.9. The zero-order valence-corrected chi connectivity index (χ0v) is 17.5. The highest BCUT2D eigenvalue weighted by Crippen LogP contribution is 2.27. The molecule has 8 nitrogen and oxygen atoms in total. The van der Waals surface area contributed by atoms with Crippen LogP contribution in [-0.4, -0.2) is 25.2 Å². The van der Waals surface area contributed by atoms with E-state index in [4.69, 9.17) is 27.6 Å². The Morgan fingerprint density at radius 1 is 1.10 bits per heavy atom. The van der Waals surface area contributed by atoms with Crippen LogP contribution in [0.25, 0.3) is 11.2 Å². The first-order chi connectivity index (χ1) is 14.4. The van der Waals surface area contributed by atoms with Gasteiger partial charge in [-0.3, -0.25) is 13.9 Å². The van der Waals surface area contributed by atoms with Crippen LogP contribution in [0.2, 0.25) is 10.0 Å². The predicted octanol–water partition coefficient (Wildman–Crippen LogP) is 2.87. The molecule has 0 saturated carbocycles. The summed E-state index contributed by atoms with van der Waals surface area (Å²) < 4.78 is 9.91. The van der Waals surface area contributed by atoms with Crippen LogP contribution in [0.5, 0.6) is 0 Å². The highest BCUT2D eigenvalue weighted by Gasteiger charge is 2.28. The van der Waals surface area contributed by atoms with Gasteiger partial charge in [-0.15, -0.1) is 0 Å². The molecule has 1 aromatic carbocycles. The molecule has 1 aliphatic rings. The summed E-state index contributed by atoms with van der Waals surface area (Å²) in [6.45, 7) is 1.94. The highest BCUT2D eigenvalue weighted by atomic mass is 35.5. The molecule has 10 heteroatoms. The van der Waals surface area contributed by atoms with E-state index in [1.54, 1.807) is 31.5 Å². The standard InChI is InChI=1S/C20H17Cl2N5O3/c1-24-17-16(26-7-6-25(19(26)23-17)11-13-3-2-8-30-13)18(28)27(20(24)29)10-12-4-5-14(21)15(22)9-12/h2-5,8-9H,6-7,10-11H2,1H3. The lowest BCUT2D eigenvalue weighted by Gasteiger charge is -2.13. The highest BCUT2D eigenvalue weighted by molar-refractivity contribution is 6.42. The lowest BCUT2D eigenvalue weighted by atomic mass is 10.2. The van der Waals surface area contributed by atoms with Crippen molar-refractivity contribution in [2.45, 2.75) is 19.6 Å². The van der Waals surface area contributed by atoms with Crippen molar-refractivity contribution in [3.05, 3.63) is 78.8 Å². The predicted molar refractivity (Wildman–Crippen MR) is 115 cm³/mol.